The molecule has 3 nitrogen and oxygen atoms in total. The Balaban J connectivity index is 2.54. The predicted molar refractivity (Wildman–Crippen MR) is 156 cm³/mol. The number of hydrogen-bond acceptors (Lipinski definition) is 3. The van der Waals surface area contributed by atoms with Crippen LogP contribution in [-0.2, 0) is 13.6 Å². The Morgan fingerprint density at radius 1 is 0.829 bits per heavy atom. The average Bonchev–Trinajstić information content (AvgIpc) is 2.80. The molecule has 0 aliphatic rings. The first-order valence-corrected chi connectivity index (χ1v) is 17.6. The highest BCUT2D eigenvalue weighted by Crippen LogP contribution is 2.40. The summed E-state index contributed by atoms with van der Waals surface area (Å²) in [6.07, 6.45) is 1.64. The number of hydrogen-bond donors (Lipinski definition) is 0. The first kappa shape index (κ1) is 29.7. The van der Waals surface area contributed by atoms with Crippen LogP contribution in [0.3, 0.4) is 0 Å². The quantitative estimate of drug-likeness (QED) is 0.245. The van der Waals surface area contributed by atoms with Crippen LogP contribution in [0.1, 0.15) is 48.5 Å². The van der Waals surface area contributed by atoms with E-state index in [4.69, 9.17) is 13.6 Å². The van der Waals surface area contributed by atoms with E-state index in [0.717, 1.165) is 0 Å². The van der Waals surface area contributed by atoms with E-state index >= 15 is 0 Å². The van der Waals surface area contributed by atoms with Crippen molar-refractivity contribution in [3.63, 3.8) is 0 Å². The zero-order valence-corrected chi connectivity index (χ0v) is 25.7. The SMILES string of the molecule is C=C[C@@H](C)[C@H](O[Si](C)(C)C(C)(C)C)[C@H](CO[Si](c1ccccc1)(c1ccccc1)C(C)(C)C)OC. The molecule has 3 atom stereocenters. The molecule has 0 amide bonds. The maximum atomic E-state index is 7.21. The van der Waals surface area contributed by atoms with Crippen molar-refractivity contribution in [2.75, 3.05) is 13.7 Å². The number of rotatable bonds is 11. The minimum absolute atomic E-state index is 0.0894. The van der Waals surface area contributed by atoms with E-state index in [9.17, 15) is 0 Å². The molecule has 0 N–H and O–H groups in total. The van der Waals surface area contributed by atoms with Crippen LogP contribution in [0, 0.1) is 5.92 Å². The lowest BCUT2D eigenvalue weighted by atomic mass is 10.0. The van der Waals surface area contributed by atoms with E-state index in [-0.39, 0.29) is 28.2 Å². The molecule has 0 aliphatic carbocycles. The molecule has 2 aromatic rings. The third kappa shape index (κ3) is 6.63. The van der Waals surface area contributed by atoms with Crippen molar-refractivity contribution in [1.29, 1.82) is 0 Å². The summed E-state index contributed by atoms with van der Waals surface area (Å²) >= 11 is 0. The molecule has 0 fully saturated rings. The lowest BCUT2D eigenvalue weighted by Crippen LogP contribution is -2.67. The standard InChI is InChI=1S/C30H48O3Si2/c1-12-24(2)28(33-34(10,11)29(3,4)5)27(31-9)23-32-35(30(6,7)8,25-19-15-13-16-20-25)26-21-17-14-18-22-26/h12-22,24,27-28H,1,23H2,2-11H3/t24-,27+,28+/m1/s1. The molecule has 2 rings (SSSR count). The van der Waals surface area contributed by atoms with E-state index in [1.165, 1.54) is 10.4 Å². The van der Waals surface area contributed by atoms with Gasteiger partial charge in [0, 0.05) is 13.0 Å². The van der Waals surface area contributed by atoms with Crippen LogP contribution in [-0.4, -0.2) is 42.6 Å². The summed E-state index contributed by atoms with van der Waals surface area (Å²) in [5.74, 6) is 0.136. The van der Waals surface area contributed by atoms with Crippen LogP contribution in [0.15, 0.2) is 73.3 Å². The Labute approximate surface area is 217 Å². The van der Waals surface area contributed by atoms with Crippen LogP contribution in [0.2, 0.25) is 23.2 Å². The zero-order valence-electron chi connectivity index (χ0n) is 23.7. The predicted octanol–water partition coefficient (Wildman–Crippen LogP) is 6.79. The maximum Gasteiger partial charge on any atom is 0.261 e. The van der Waals surface area contributed by atoms with Crippen LogP contribution >= 0.6 is 0 Å². The van der Waals surface area contributed by atoms with Crippen molar-refractivity contribution in [2.24, 2.45) is 5.92 Å². The zero-order chi connectivity index (χ0) is 26.5. The van der Waals surface area contributed by atoms with E-state index < -0.39 is 16.6 Å². The lowest BCUT2D eigenvalue weighted by Gasteiger charge is -2.46. The molecule has 0 saturated carbocycles. The molecule has 0 heterocycles. The van der Waals surface area contributed by atoms with Crippen LogP contribution < -0.4 is 10.4 Å². The van der Waals surface area contributed by atoms with Crippen LogP contribution in [0.4, 0.5) is 0 Å². The number of benzene rings is 2. The molecular weight excluding hydrogens is 464 g/mol. The van der Waals surface area contributed by atoms with Gasteiger partial charge in [-0.3, -0.25) is 0 Å². The van der Waals surface area contributed by atoms with Crippen molar-refractivity contribution in [1.82, 2.24) is 0 Å². The average molecular weight is 513 g/mol. The summed E-state index contributed by atoms with van der Waals surface area (Å²) in [5.41, 5.74) is 0. The number of ether oxygens (including phenoxy) is 1. The molecule has 0 aromatic heterocycles. The first-order chi connectivity index (χ1) is 16.2. The van der Waals surface area contributed by atoms with Gasteiger partial charge in [0.1, 0.15) is 6.10 Å². The molecule has 194 valence electrons. The largest absolute Gasteiger partial charge is 0.411 e. The summed E-state index contributed by atoms with van der Waals surface area (Å²) < 4.78 is 20.3. The van der Waals surface area contributed by atoms with Gasteiger partial charge in [-0.15, -0.1) is 6.58 Å². The van der Waals surface area contributed by atoms with E-state index in [1.807, 2.05) is 6.08 Å². The highest BCUT2D eigenvalue weighted by molar-refractivity contribution is 6.99. The van der Waals surface area contributed by atoms with E-state index in [2.05, 4.69) is 129 Å². The molecule has 0 saturated heterocycles. The van der Waals surface area contributed by atoms with Gasteiger partial charge in [0.15, 0.2) is 8.32 Å². The van der Waals surface area contributed by atoms with Gasteiger partial charge in [0.25, 0.3) is 8.32 Å². The third-order valence-corrected chi connectivity index (χ3v) is 17.2. The van der Waals surface area contributed by atoms with E-state index in [0.29, 0.717) is 6.61 Å². The third-order valence-electron chi connectivity index (χ3n) is 7.68. The van der Waals surface area contributed by atoms with Crippen molar-refractivity contribution in [3.05, 3.63) is 73.3 Å². The fourth-order valence-corrected chi connectivity index (χ4v) is 10.4. The first-order valence-electron chi connectivity index (χ1n) is 12.8. The Morgan fingerprint density at radius 2 is 1.29 bits per heavy atom. The normalized spacial score (nSPS) is 15.9. The minimum atomic E-state index is -2.66. The Hall–Kier alpha value is -1.51. The molecule has 0 unspecified atom stereocenters. The van der Waals surface area contributed by atoms with Gasteiger partial charge in [-0.05, 0) is 33.5 Å². The monoisotopic (exact) mass is 512 g/mol. The second kappa shape index (κ2) is 11.7. The second-order valence-corrected chi connectivity index (χ2v) is 21.2. The van der Waals surface area contributed by atoms with Gasteiger partial charge < -0.3 is 13.6 Å². The van der Waals surface area contributed by atoms with Gasteiger partial charge in [0.2, 0.25) is 0 Å². The Bertz CT molecular complexity index is 875. The van der Waals surface area contributed by atoms with Gasteiger partial charge in [-0.25, -0.2) is 0 Å². The summed E-state index contributed by atoms with van der Waals surface area (Å²) in [4.78, 5) is 0. The highest BCUT2D eigenvalue weighted by Gasteiger charge is 2.51. The molecular formula is C30H48O3Si2. The summed E-state index contributed by atoms with van der Waals surface area (Å²) in [5, 5.41) is 2.55. The summed E-state index contributed by atoms with van der Waals surface area (Å²) in [6.45, 7) is 25.0. The van der Waals surface area contributed by atoms with Crippen LogP contribution in [0.5, 0.6) is 0 Å². The lowest BCUT2D eigenvalue weighted by molar-refractivity contribution is -0.0448. The van der Waals surface area contributed by atoms with Gasteiger partial charge in [-0.2, -0.15) is 0 Å². The summed E-state index contributed by atoms with van der Waals surface area (Å²) in [6, 6.07) is 21.5. The van der Waals surface area contributed by atoms with Crippen molar-refractivity contribution < 1.29 is 13.6 Å². The van der Waals surface area contributed by atoms with Gasteiger partial charge in [-0.1, -0.05) is 115 Å². The fourth-order valence-electron chi connectivity index (χ4n) is 4.44. The van der Waals surface area contributed by atoms with E-state index in [1.54, 1.807) is 7.11 Å². The topological polar surface area (TPSA) is 27.7 Å². The summed E-state index contributed by atoms with van der Waals surface area (Å²) in [7, 11) is -2.93. The smallest absolute Gasteiger partial charge is 0.261 e. The molecule has 0 radical (unpaired) electrons. The molecule has 0 aliphatic heterocycles. The van der Waals surface area contributed by atoms with Crippen molar-refractivity contribution in [2.45, 2.75) is 83.8 Å². The minimum Gasteiger partial charge on any atom is -0.411 e. The highest BCUT2D eigenvalue weighted by atomic mass is 28.4. The van der Waals surface area contributed by atoms with Crippen molar-refractivity contribution >= 4 is 27.0 Å². The molecule has 2 aromatic carbocycles. The van der Waals surface area contributed by atoms with Crippen LogP contribution in [0.25, 0.3) is 0 Å². The fraction of sp³-hybridized carbons (Fsp3) is 0.533. The molecule has 0 spiro atoms. The molecule has 35 heavy (non-hydrogen) atoms. The molecule has 5 heteroatoms. The van der Waals surface area contributed by atoms with Gasteiger partial charge >= 0.3 is 0 Å². The Morgan fingerprint density at radius 3 is 1.63 bits per heavy atom. The molecule has 0 bridgehead atoms. The number of methoxy groups -OCH3 is 1. The maximum absolute atomic E-state index is 7.21. The Kier molecular flexibility index (Phi) is 9.93. The van der Waals surface area contributed by atoms with Gasteiger partial charge in [0.05, 0.1) is 12.7 Å². The second-order valence-electron chi connectivity index (χ2n) is 12.2. The van der Waals surface area contributed by atoms with Crippen molar-refractivity contribution in [3.8, 4) is 0 Å².